The number of carbonyl (C=O) groups is 1. The van der Waals surface area contributed by atoms with Crippen LogP contribution in [-0.2, 0) is 4.79 Å². The lowest BCUT2D eigenvalue weighted by Crippen LogP contribution is -2.19. The molecule has 0 aliphatic rings. The van der Waals surface area contributed by atoms with Gasteiger partial charge in [0.25, 0.3) is 0 Å². The number of hydrogen-bond donors (Lipinski definition) is 1. The molecule has 2 unspecified atom stereocenters. The first kappa shape index (κ1) is 12.7. The highest BCUT2D eigenvalue weighted by atomic mass is 19.1. The van der Waals surface area contributed by atoms with Gasteiger partial charge in [0, 0.05) is 0 Å². The van der Waals surface area contributed by atoms with Gasteiger partial charge in [0.2, 0.25) is 0 Å². The van der Waals surface area contributed by atoms with Crippen molar-refractivity contribution in [3.05, 3.63) is 35.6 Å². The molecule has 0 radical (unpaired) electrons. The van der Waals surface area contributed by atoms with Crippen molar-refractivity contribution < 1.29 is 14.3 Å². The Kier molecular flexibility index (Phi) is 4.47. The van der Waals surface area contributed by atoms with Crippen LogP contribution in [0.2, 0.25) is 0 Å². The van der Waals surface area contributed by atoms with Crippen molar-refractivity contribution >= 4 is 5.97 Å². The molecule has 0 spiro atoms. The van der Waals surface area contributed by atoms with Gasteiger partial charge < -0.3 is 5.11 Å². The second-order valence-corrected chi connectivity index (χ2v) is 4.13. The van der Waals surface area contributed by atoms with E-state index in [0.717, 1.165) is 12.8 Å². The van der Waals surface area contributed by atoms with Crippen LogP contribution in [0.15, 0.2) is 24.3 Å². The van der Waals surface area contributed by atoms with Crippen molar-refractivity contribution in [2.45, 2.75) is 32.6 Å². The Balaban J connectivity index is 2.93. The summed E-state index contributed by atoms with van der Waals surface area (Å²) < 4.78 is 12.8. The molecular formula is C13H17FO2. The van der Waals surface area contributed by atoms with Crippen molar-refractivity contribution in [3.63, 3.8) is 0 Å². The number of aliphatic carboxylic acids is 1. The summed E-state index contributed by atoms with van der Waals surface area (Å²) in [5, 5.41) is 9.20. The van der Waals surface area contributed by atoms with Gasteiger partial charge in [-0.15, -0.1) is 0 Å². The Morgan fingerprint density at radius 3 is 2.38 bits per heavy atom. The van der Waals surface area contributed by atoms with E-state index in [-0.39, 0.29) is 11.7 Å². The van der Waals surface area contributed by atoms with Crippen LogP contribution in [-0.4, -0.2) is 11.1 Å². The maximum absolute atomic E-state index is 12.8. The molecule has 1 N–H and O–H groups in total. The minimum absolute atomic E-state index is 0.0629. The predicted molar refractivity (Wildman–Crippen MR) is 60.8 cm³/mol. The van der Waals surface area contributed by atoms with E-state index in [9.17, 15) is 14.3 Å². The van der Waals surface area contributed by atoms with Gasteiger partial charge in [0.05, 0.1) is 5.92 Å². The smallest absolute Gasteiger partial charge is 0.311 e. The molecule has 0 aromatic heterocycles. The van der Waals surface area contributed by atoms with E-state index in [1.807, 2.05) is 13.8 Å². The summed E-state index contributed by atoms with van der Waals surface area (Å²) in [4.78, 5) is 11.2. The van der Waals surface area contributed by atoms with Gasteiger partial charge in [-0.2, -0.15) is 0 Å². The number of hydrogen-bond acceptors (Lipinski definition) is 1. The van der Waals surface area contributed by atoms with Gasteiger partial charge in [-0.1, -0.05) is 32.4 Å². The zero-order valence-electron chi connectivity index (χ0n) is 9.61. The number of halogens is 1. The summed E-state index contributed by atoms with van der Waals surface area (Å²) in [6.07, 6.45) is 1.81. The Morgan fingerprint density at radius 2 is 1.94 bits per heavy atom. The molecule has 1 aromatic carbocycles. The number of benzene rings is 1. The number of carboxylic acid groups (broad SMARTS) is 1. The quantitative estimate of drug-likeness (QED) is 0.832. The highest BCUT2D eigenvalue weighted by molar-refractivity contribution is 5.76. The van der Waals surface area contributed by atoms with E-state index in [1.165, 1.54) is 12.1 Å². The minimum atomic E-state index is -0.840. The zero-order chi connectivity index (χ0) is 12.1. The van der Waals surface area contributed by atoms with E-state index in [2.05, 4.69) is 0 Å². The standard InChI is InChI=1S/C13H17FO2/c1-3-4-9(2)12(13(15)16)10-5-7-11(14)8-6-10/h5-9,12H,3-4H2,1-2H3,(H,15,16). The van der Waals surface area contributed by atoms with Crippen molar-refractivity contribution in [1.82, 2.24) is 0 Å². The first-order chi connectivity index (χ1) is 7.56. The summed E-state index contributed by atoms with van der Waals surface area (Å²) in [7, 11) is 0. The fourth-order valence-corrected chi connectivity index (χ4v) is 2.01. The van der Waals surface area contributed by atoms with Crippen molar-refractivity contribution in [2.24, 2.45) is 5.92 Å². The van der Waals surface area contributed by atoms with Crippen molar-refractivity contribution in [3.8, 4) is 0 Å². The van der Waals surface area contributed by atoms with Crippen LogP contribution in [0.5, 0.6) is 0 Å². The molecule has 0 aliphatic carbocycles. The number of carboxylic acids is 1. The third kappa shape index (κ3) is 3.05. The first-order valence-corrected chi connectivity index (χ1v) is 5.54. The molecule has 0 aliphatic heterocycles. The average molecular weight is 224 g/mol. The molecule has 0 heterocycles. The largest absolute Gasteiger partial charge is 0.481 e. The predicted octanol–water partition coefficient (Wildman–Crippen LogP) is 3.43. The number of rotatable bonds is 5. The maximum atomic E-state index is 12.8. The Labute approximate surface area is 95.1 Å². The zero-order valence-corrected chi connectivity index (χ0v) is 9.61. The molecule has 0 saturated heterocycles. The normalized spacial score (nSPS) is 14.4. The fourth-order valence-electron chi connectivity index (χ4n) is 2.01. The Bertz CT molecular complexity index is 345. The molecule has 0 fully saturated rings. The van der Waals surface area contributed by atoms with E-state index in [1.54, 1.807) is 12.1 Å². The molecule has 88 valence electrons. The average Bonchev–Trinajstić information content (AvgIpc) is 2.21. The van der Waals surface area contributed by atoms with Gasteiger partial charge in [0.1, 0.15) is 5.82 Å². The van der Waals surface area contributed by atoms with Crippen LogP contribution in [0.3, 0.4) is 0 Å². The Hall–Kier alpha value is -1.38. The summed E-state index contributed by atoms with van der Waals surface area (Å²) in [5.74, 6) is -1.66. The van der Waals surface area contributed by atoms with Crippen LogP contribution in [0, 0.1) is 11.7 Å². The molecular weight excluding hydrogens is 207 g/mol. The molecule has 0 bridgehead atoms. The van der Waals surface area contributed by atoms with Gasteiger partial charge in [-0.25, -0.2) is 4.39 Å². The molecule has 16 heavy (non-hydrogen) atoms. The van der Waals surface area contributed by atoms with Gasteiger partial charge in [-0.3, -0.25) is 4.79 Å². The van der Waals surface area contributed by atoms with Gasteiger partial charge >= 0.3 is 5.97 Å². The summed E-state index contributed by atoms with van der Waals surface area (Å²) in [6.45, 7) is 3.95. The monoisotopic (exact) mass is 224 g/mol. The van der Waals surface area contributed by atoms with Gasteiger partial charge in [-0.05, 0) is 30.0 Å². The lowest BCUT2D eigenvalue weighted by molar-refractivity contribution is -0.140. The topological polar surface area (TPSA) is 37.3 Å². The summed E-state index contributed by atoms with van der Waals surface area (Å²) >= 11 is 0. The van der Waals surface area contributed by atoms with Crippen LogP contribution in [0.1, 0.15) is 38.2 Å². The molecule has 0 saturated carbocycles. The molecule has 1 rings (SSSR count). The maximum Gasteiger partial charge on any atom is 0.311 e. The van der Waals surface area contributed by atoms with Crippen LogP contribution < -0.4 is 0 Å². The minimum Gasteiger partial charge on any atom is -0.481 e. The third-order valence-electron chi connectivity index (χ3n) is 2.81. The first-order valence-electron chi connectivity index (χ1n) is 5.54. The second-order valence-electron chi connectivity index (χ2n) is 4.13. The molecule has 2 nitrogen and oxygen atoms in total. The SMILES string of the molecule is CCCC(C)C(C(=O)O)c1ccc(F)cc1. The summed E-state index contributed by atoms with van der Waals surface area (Å²) in [6, 6.07) is 5.73. The molecule has 2 atom stereocenters. The molecule has 0 amide bonds. The highest BCUT2D eigenvalue weighted by Crippen LogP contribution is 2.28. The van der Waals surface area contributed by atoms with E-state index in [0.29, 0.717) is 5.56 Å². The highest BCUT2D eigenvalue weighted by Gasteiger charge is 2.25. The lowest BCUT2D eigenvalue weighted by Gasteiger charge is -2.19. The van der Waals surface area contributed by atoms with Crippen molar-refractivity contribution in [2.75, 3.05) is 0 Å². The second kappa shape index (κ2) is 5.64. The van der Waals surface area contributed by atoms with Crippen LogP contribution in [0.25, 0.3) is 0 Å². The van der Waals surface area contributed by atoms with E-state index >= 15 is 0 Å². The molecule has 3 heteroatoms. The van der Waals surface area contributed by atoms with E-state index < -0.39 is 11.9 Å². The van der Waals surface area contributed by atoms with Crippen molar-refractivity contribution in [1.29, 1.82) is 0 Å². The summed E-state index contributed by atoms with van der Waals surface area (Å²) in [5.41, 5.74) is 0.676. The van der Waals surface area contributed by atoms with Gasteiger partial charge in [0.15, 0.2) is 0 Å². The third-order valence-corrected chi connectivity index (χ3v) is 2.81. The van der Waals surface area contributed by atoms with E-state index in [4.69, 9.17) is 0 Å². The fraction of sp³-hybridized carbons (Fsp3) is 0.462. The Morgan fingerprint density at radius 1 is 1.38 bits per heavy atom. The lowest BCUT2D eigenvalue weighted by atomic mass is 9.84. The van der Waals surface area contributed by atoms with Crippen LogP contribution in [0.4, 0.5) is 4.39 Å². The molecule has 1 aromatic rings. The van der Waals surface area contributed by atoms with Crippen LogP contribution >= 0.6 is 0 Å².